The minimum absolute atomic E-state index is 0.579. The van der Waals surface area contributed by atoms with Crippen molar-refractivity contribution < 1.29 is 0 Å². The molecule has 0 unspecified atom stereocenters. The Kier molecular flexibility index (Phi) is 1.16. The van der Waals surface area contributed by atoms with Crippen LogP contribution in [0.5, 0.6) is 0 Å². The summed E-state index contributed by atoms with van der Waals surface area (Å²) in [7, 11) is 1.75. The van der Waals surface area contributed by atoms with E-state index in [1.807, 2.05) is 0 Å². The molecule has 3 nitrogen and oxygen atoms in total. The van der Waals surface area contributed by atoms with Crippen LogP contribution in [0.25, 0.3) is 0 Å². The van der Waals surface area contributed by atoms with Crippen molar-refractivity contribution in [3.8, 4) is 12.3 Å². The monoisotopic (exact) mass is 121 g/mol. The Morgan fingerprint density at radius 1 is 1.89 bits per heavy atom. The van der Waals surface area contributed by atoms with Gasteiger partial charge in [0.2, 0.25) is 0 Å². The minimum Gasteiger partial charge on any atom is -0.384 e. The van der Waals surface area contributed by atoms with Crippen LogP contribution in [-0.2, 0) is 7.05 Å². The van der Waals surface area contributed by atoms with E-state index in [2.05, 4.69) is 11.0 Å². The maximum Gasteiger partial charge on any atom is 0.137 e. The fourth-order valence-corrected chi connectivity index (χ4v) is 0.552. The molecule has 9 heavy (non-hydrogen) atoms. The molecule has 0 aliphatic carbocycles. The Balaban J connectivity index is 3.16. The quantitative estimate of drug-likeness (QED) is 0.490. The maximum atomic E-state index is 5.42. The van der Waals surface area contributed by atoms with E-state index in [1.165, 1.54) is 4.68 Å². The van der Waals surface area contributed by atoms with Gasteiger partial charge in [0.1, 0.15) is 11.5 Å². The first-order valence-electron chi connectivity index (χ1n) is 2.50. The van der Waals surface area contributed by atoms with Gasteiger partial charge in [-0.1, -0.05) is 0 Å². The second-order valence-electron chi connectivity index (χ2n) is 1.72. The van der Waals surface area contributed by atoms with Gasteiger partial charge in [0, 0.05) is 13.1 Å². The Hall–Kier alpha value is -1.43. The third-order valence-corrected chi connectivity index (χ3v) is 1.06. The van der Waals surface area contributed by atoms with Crippen molar-refractivity contribution in [3.63, 3.8) is 0 Å². The van der Waals surface area contributed by atoms with E-state index in [1.54, 1.807) is 13.1 Å². The Morgan fingerprint density at radius 2 is 2.56 bits per heavy atom. The van der Waals surface area contributed by atoms with E-state index in [0.717, 1.165) is 0 Å². The zero-order valence-corrected chi connectivity index (χ0v) is 5.13. The molecule has 0 aliphatic rings. The molecule has 0 radical (unpaired) electrons. The standard InChI is InChI=1S/C6H7N3/c1-3-5-4-6(7)9(2)8-5/h1,4H,7H2,2H3. The number of hydrogen-bond donors (Lipinski definition) is 1. The first kappa shape index (κ1) is 5.70. The first-order chi connectivity index (χ1) is 4.24. The van der Waals surface area contributed by atoms with Gasteiger partial charge in [-0.2, -0.15) is 5.10 Å². The average molecular weight is 121 g/mol. The van der Waals surface area contributed by atoms with Crippen molar-refractivity contribution in [1.29, 1.82) is 0 Å². The summed E-state index contributed by atoms with van der Waals surface area (Å²) < 4.78 is 1.54. The number of nitrogen functional groups attached to an aromatic ring is 1. The number of hydrogen-bond acceptors (Lipinski definition) is 2. The molecule has 0 aliphatic heterocycles. The van der Waals surface area contributed by atoms with E-state index < -0.39 is 0 Å². The van der Waals surface area contributed by atoms with E-state index in [9.17, 15) is 0 Å². The molecular weight excluding hydrogens is 114 g/mol. The van der Waals surface area contributed by atoms with Crippen molar-refractivity contribution in [3.05, 3.63) is 11.8 Å². The summed E-state index contributed by atoms with van der Waals surface area (Å²) in [6.07, 6.45) is 5.05. The Bertz CT molecular complexity index is 234. The first-order valence-corrected chi connectivity index (χ1v) is 2.50. The highest BCUT2D eigenvalue weighted by atomic mass is 15.3. The molecule has 0 amide bonds. The highest BCUT2D eigenvalue weighted by Crippen LogP contribution is 2.00. The van der Waals surface area contributed by atoms with Crippen LogP contribution in [0, 0.1) is 12.3 Å². The Labute approximate surface area is 53.5 Å². The molecule has 0 aromatic carbocycles. The predicted octanol–water partition coefficient (Wildman–Crippen LogP) is -0.0164. The maximum absolute atomic E-state index is 5.42. The molecule has 0 saturated carbocycles. The average Bonchev–Trinajstić information content (AvgIpc) is 2.13. The van der Waals surface area contributed by atoms with Crippen LogP contribution in [0.15, 0.2) is 6.07 Å². The summed E-state index contributed by atoms with van der Waals surface area (Å²) >= 11 is 0. The van der Waals surface area contributed by atoms with Crippen LogP contribution >= 0.6 is 0 Å². The lowest BCUT2D eigenvalue weighted by atomic mass is 10.4. The van der Waals surface area contributed by atoms with Crippen molar-refractivity contribution >= 4 is 5.82 Å². The molecular formula is C6H7N3. The molecule has 46 valence electrons. The molecule has 0 fully saturated rings. The summed E-state index contributed by atoms with van der Waals surface area (Å²) in [6.45, 7) is 0. The van der Waals surface area contributed by atoms with Gasteiger partial charge < -0.3 is 5.73 Å². The normalized spacial score (nSPS) is 8.89. The van der Waals surface area contributed by atoms with Crippen molar-refractivity contribution in [1.82, 2.24) is 9.78 Å². The highest BCUT2D eigenvalue weighted by molar-refractivity contribution is 5.37. The lowest BCUT2D eigenvalue weighted by Gasteiger charge is -1.87. The highest BCUT2D eigenvalue weighted by Gasteiger charge is 1.95. The second-order valence-corrected chi connectivity index (χ2v) is 1.72. The van der Waals surface area contributed by atoms with Gasteiger partial charge in [-0.15, -0.1) is 6.42 Å². The van der Waals surface area contributed by atoms with Crippen LogP contribution in [-0.4, -0.2) is 9.78 Å². The predicted molar refractivity (Wildman–Crippen MR) is 35.6 cm³/mol. The molecule has 3 heteroatoms. The zero-order chi connectivity index (χ0) is 6.85. The van der Waals surface area contributed by atoms with Gasteiger partial charge in [-0.3, -0.25) is 4.68 Å². The molecule has 1 heterocycles. The SMILES string of the molecule is C#Cc1cc(N)n(C)n1. The number of aryl methyl sites for hydroxylation is 1. The van der Waals surface area contributed by atoms with Crippen LogP contribution in [0.2, 0.25) is 0 Å². The van der Waals surface area contributed by atoms with Gasteiger partial charge in [-0.05, 0) is 5.92 Å². The van der Waals surface area contributed by atoms with Crippen molar-refractivity contribution in [2.24, 2.45) is 7.05 Å². The fraction of sp³-hybridized carbons (Fsp3) is 0.167. The summed E-state index contributed by atoms with van der Waals surface area (Å²) in [5.74, 6) is 2.96. The lowest BCUT2D eigenvalue weighted by molar-refractivity contribution is 0.775. The van der Waals surface area contributed by atoms with E-state index in [4.69, 9.17) is 12.2 Å². The molecule has 1 rings (SSSR count). The largest absolute Gasteiger partial charge is 0.384 e. The zero-order valence-electron chi connectivity index (χ0n) is 5.13. The minimum atomic E-state index is 0.579. The smallest absolute Gasteiger partial charge is 0.137 e. The van der Waals surface area contributed by atoms with Gasteiger partial charge in [0.15, 0.2) is 0 Å². The summed E-state index contributed by atoms with van der Waals surface area (Å²) in [6, 6.07) is 1.65. The van der Waals surface area contributed by atoms with Crippen LogP contribution in [0.4, 0.5) is 5.82 Å². The molecule has 0 atom stereocenters. The number of anilines is 1. The summed E-state index contributed by atoms with van der Waals surface area (Å²) in [5.41, 5.74) is 6.00. The van der Waals surface area contributed by atoms with Crippen LogP contribution < -0.4 is 5.73 Å². The number of terminal acetylenes is 1. The van der Waals surface area contributed by atoms with E-state index in [0.29, 0.717) is 11.5 Å². The molecule has 0 spiro atoms. The summed E-state index contributed by atoms with van der Waals surface area (Å²) in [4.78, 5) is 0. The molecule has 0 bridgehead atoms. The number of nitrogens with two attached hydrogens (primary N) is 1. The fourth-order valence-electron chi connectivity index (χ4n) is 0.552. The summed E-state index contributed by atoms with van der Waals surface area (Å²) in [5, 5.41) is 3.88. The number of aromatic nitrogens is 2. The van der Waals surface area contributed by atoms with Crippen LogP contribution in [0.3, 0.4) is 0 Å². The number of nitrogens with zero attached hydrogens (tertiary/aromatic N) is 2. The molecule has 1 aromatic rings. The van der Waals surface area contributed by atoms with E-state index >= 15 is 0 Å². The lowest BCUT2D eigenvalue weighted by Crippen LogP contribution is -1.96. The van der Waals surface area contributed by atoms with Gasteiger partial charge in [-0.25, -0.2) is 0 Å². The van der Waals surface area contributed by atoms with Crippen molar-refractivity contribution in [2.75, 3.05) is 5.73 Å². The molecule has 0 saturated heterocycles. The third kappa shape index (κ3) is 0.868. The van der Waals surface area contributed by atoms with Crippen LogP contribution in [0.1, 0.15) is 5.69 Å². The topological polar surface area (TPSA) is 43.8 Å². The third-order valence-electron chi connectivity index (χ3n) is 1.06. The van der Waals surface area contributed by atoms with E-state index in [-0.39, 0.29) is 0 Å². The van der Waals surface area contributed by atoms with Gasteiger partial charge >= 0.3 is 0 Å². The van der Waals surface area contributed by atoms with Gasteiger partial charge in [0.25, 0.3) is 0 Å². The van der Waals surface area contributed by atoms with Crippen molar-refractivity contribution in [2.45, 2.75) is 0 Å². The molecule has 2 N–H and O–H groups in total. The Morgan fingerprint density at radius 3 is 2.78 bits per heavy atom. The molecule has 1 aromatic heterocycles. The number of rotatable bonds is 0. The second kappa shape index (κ2) is 1.82. The van der Waals surface area contributed by atoms with Gasteiger partial charge in [0.05, 0.1) is 0 Å².